The molecule has 4 rings (SSSR count). The van der Waals surface area contributed by atoms with Gasteiger partial charge in [-0.3, -0.25) is 9.69 Å². The van der Waals surface area contributed by atoms with Crippen molar-refractivity contribution in [3.05, 3.63) is 30.3 Å². The molecule has 1 aromatic carbocycles. The topological polar surface area (TPSA) is 60.9 Å². The van der Waals surface area contributed by atoms with E-state index in [9.17, 15) is 13.2 Å². The lowest BCUT2D eigenvalue weighted by molar-refractivity contribution is -0.143. The molecule has 3 saturated heterocycles. The molecule has 0 bridgehead atoms. The van der Waals surface area contributed by atoms with Crippen LogP contribution in [0.4, 0.5) is 0 Å². The Labute approximate surface area is 168 Å². The highest BCUT2D eigenvalue weighted by Gasteiger charge is 2.55. The predicted molar refractivity (Wildman–Crippen MR) is 108 cm³/mol. The molecule has 0 N–H and O–H groups in total. The summed E-state index contributed by atoms with van der Waals surface area (Å²) in [7, 11) is -3.52. The summed E-state index contributed by atoms with van der Waals surface area (Å²) in [6.07, 6.45) is 4.35. The number of hydrogen-bond acceptors (Lipinski definition) is 4. The minimum Gasteiger partial charge on any atom is -0.342 e. The fraction of sp³-hybridized carbons (Fsp3) is 0.667. The van der Waals surface area contributed by atoms with Crippen molar-refractivity contribution in [2.75, 3.05) is 39.3 Å². The van der Waals surface area contributed by atoms with E-state index in [-0.39, 0.29) is 11.9 Å². The van der Waals surface area contributed by atoms with Crippen LogP contribution in [-0.2, 0) is 14.8 Å². The molecule has 154 valence electrons. The monoisotopic (exact) mass is 405 g/mol. The van der Waals surface area contributed by atoms with E-state index in [2.05, 4.69) is 11.8 Å². The molecule has 0 aromatic heterocycles. The number of benzene rings is 1. The van der Waals surface area contributed by atoms with Crippen LogP contribution in [0.25, 0.3) is 0 Å². The molecule has 1 amide bonds. The van der Waals surface area contributed by atoms with Crippen molar-refractivity contribution in [1.82, 2.24) is 14.1 Å². The summed E-state index contributed by atoms with van der Waals surface area (Å²) in [5.41, 5.74) is -0.429. The van der Waals surface area contributed by atoms with E-state index in [4.69, 9.17) is 0 Å². The van der Waals surface area contributed by atoms with E-state index < -0.39 is 15.4 Å². The average molecular weight is 406 g/mol. The number of likely N-dealkylation sites (tertiary alicyclic amines) is 2. The van der Waals surface area contributed by atoms with Crippen LogP contribution < -0.4 is 0 Å². The molecular weight excluding hydrogens is 374 g/mol. The highest BCUT2D eigenvalue weighted by Crippen LogP contribution is 2.46. The van der Waals surface area contributed by atoms with E-state index >= 15 is 0 Å². The number of carbonyl (C=O) groups excluding carboxylic acids is 1. The van der Waals surface area contributed by atoms with Gasteiger partial charge in [0.2, 0.25) is 15.9 Å². The zero-order valence-electron chi connectivity index (χ0n) is 16.7. The molecule has 0 spiro atoms. The first-order chi connectivity index (χ1) is 13.5. The van der Waals surface area contributed by atoms with Gasteiger partial charge in [0.15, 0.2) is 0 Å². The molecular formula is C21H31N3O3S. The molecule has 7 heteroatoms. The zero-order chi connectivity index (χ0) is 19.8. The maximum Gasteiger partial charge on any atom is 0.243 e. The largest absolute Gasteiger partial charge is 0.342 e. The Morgan fingerprint density at radius 2 is 1.71 bits per heavy atom. The maximum absolute atomic E-state index is 13.6. The van der Waals surface area contributed by atoms with E-state index in [0.29, 0.717) is 24.4 Å². The van der Waals surface area contributed by atoms with Gasteiger partial charge < -0.3 is 4.90 Å². The lowest BCUT2D eigenvalue weighted by Gasteiger charge is -2.38. The maximum atomic E-state index is 13.6. The number of sulfonamides is 1. The third kappa shape index (κ3) is 3.27. The van der Waals surface area contributed by atoms with Gasteiger partial charge in [-0.15, -0.1) is 0 Å². The predicted octanol–water partition coefficient (Wildman–Crippen LogP) is 2.17. The lowest BCUT2D eigenvalue weighted by Crippen LogP contribution is -2.50. The average Bonchev–Trinajstić information content (AvgIpc) is 3.33. The normalized spacial score (nSPS) is 29.6. The van der Waals surface area contributed by atoms with E-state index in [1.807, 2.05) is 11.0 Å². The van der Waals surface area contributed by atoms with Gasteiger partial charge in [0.05, 0.1) is 10.3 Å². The molecule has 1 aromatic rings. The number of hydrogen-bond donors (Lipinski definition) is 0. The van der Waals surface area contributed by atoms with Crippen LogP contribution in [0.5, 0.6) is 0 Å². The van der Waals surface area contributed by atoms with E-state index in [1.165, 1.54) is 0 Å². The fourth-order valence-electron chi connectivity index (χ4n) is 5.42. The van der Waals surface area contributed by atoms with Gasteiger partial charge in [-0.05, 0) is 57.3 Å². The van der Waals surface area contributed by atoms with Gasteiger partial charge in [0.1, 0.15) is 0 Å². The van der Waals surface area contributed by atoms with Gasteiger partial charge in [-0.2, -0.15) is 4.31 Å². The minimum atomic E-state index is -3.52. The van der Waals surface area contributed by atoms with Crippen molar-refractivity contribution in [3.8, 4) is 0 Å². The Morgan fingerprint density at radius 1 is 1.04 bits per heavy atom. The van der Waals surface area contributed by atoms with E-state index in [1.54, 1.807) is 28.6 Å². The standard InChI is InChI=1S/C21H31N3O3S/c1-2-22-16-11-21(20(25)23-13-6-7-14-23)12-17-24(15-10-19(21)22)28(26,27)18-8-4-3-5-9-18/h3-5,8-9,19H,2,6-7,10-17H2,1H3/t19-,21+/m0/s1. The molecule has 3 aliphatic heterocycles. The second-order valence-electron chi connectivity index (χ2n) is 8.31. The smallest absolute Gasteiger partial charge is 0.243 e. The van der Waals surface area contributed by atoms with Crippen molar-refractivity contribution in [1.29, 1.82) is 0 Å². The first-order valence-electron chi connectivity index (χ1n) is 10.6. The summed E-state index contributed by atoms with van der Waals surface area (Å²) in [4.78, 5) is 18.3. The third-order valence-electron chi connectivity index (χ3n) is 6.99. The molecule has 3 fully saturated rings. The Kier molecular flexibility index (Phi) is 5.51. The van der Waals surface area contributed by atoms with Gasteiger partial charge in [0, 0.05) is 32.2 Å². The number of carbonyl (C=O) groups is 1. The summed E-state index contributed by atoms with van der Waals surface area (Å²) in [5.74, 6) is 0.268. The van der Waals surface area contributed by atoms with Crippen LogP contribution in [0.3, 0.4) is 0 Å². The summed E-state index contributed by atoms with van der Waals surface area (Å²) in [6.45, 7) is 6.59. The Hall–Kier alpha value is -1.44. The molecule has 0 aliphatic carbocycles. The minimum absolute atomic E-state index is 0.140. The molecule has 6 nitrogen and oxygen atoms in total. The van der Waals surface area contributed by atoms with Crippen molar-refractivity contribution >= 4 is 15.9 Å². The second kappa shape index (κ2) is 7.76. The van der Waals surface area contributed by atoms with Gasteiger partial charge in [0.25, 0.3) is 0 Å². The molecule has 28 heavy (non-hydrogen) atoms. The van der Waals surface area contributed by atoms with Gasteiger partial charge >= 0.3 is 0 Å². The summed E-state index contributed by atoms with van der Waals surface area (Å²) >= 11 is 0. The van der Waals surface area contributed by atoms with Crippen LogP contribution in [0.1, 0.15) is 39.0 Å². The zero-order valence-corrected chi connectivity index (χ0v) is 17.5. The Morgan fingerprint density at radius 3 is 2.39 bits per heavy atom. The highest BCUT2D eigenvalue weighted by atomic mass is 32.2. The van der Waals surface area contributed by atoms with Crippen molar-refractivity contribution in [2.24, 2.45) is 5.41 Å². The SMILES string of the molecule is CCN1CC[C@@]2(C(=O)N3CCCC3)CCN(S(=O)(=O)c3ccccc3)CC[C@H]12. The summed E-state index contributed by atoms with van der Waals surface area (Å²) < 4.78 is 27.9. The van der Waals surface area contributed by atoms with Gasteiger partial charge in [-0.1, -0.05) is 25.1 Å². The number of rotatable bonds is 4. The van der Waals surface area contributed by atoms with Crippen LogP contribution in [0, 0.1) is 5.41 Å². The number of amides is 1. The molecule has 3 aliphatic rings. The van der Waals surface area contributed by atoms with Crippen molar-refractivity contribution < 1.29 is 13.2 Å². The molecule has 3 heterocycles. The number of nitrogens with zero attached hydrogens (tertiary/aromatic N) is 3. The van der Waals surface area contributed by atoms with Crippen molar-refractivity contribution in [3.63, 3.8) is 0 Å². The molecule has 0 unspecified atom stereocenters. The molecule has 0 radical (unpaired) electrons. The van der Waals surface area contributed by atoms with Crippen LogP contribution in [0.15, 0.2) is 35.2 Å². The Balaban J connectivity index is 1.62. The highest BCUT2D eigenvalue weighted by molar-refractivity contribution is 7.89. The second-order valence-corrected chi connectivity index (χ2v) is 10.2. The third-order valence-corrected chi connectivity index (χ3v) is 8.90. The van der Waals surface area contributed by atoms with Crippen molar-refractivity contribution in [2.45, 2.75) is 50.0 Å². The van der Waals surface area contributed by atoms with Crippen LogP contribution >= 0.6 is 0 Å². The van der Waals surface area contributed by atoms with Gasteiger partial charge in [-0.25, -0.2) is 8.42 Å². The number of fused-ring (bicyclic) bond motifs is 1. The summed E-state index contributed by atoms with van der Waals surface area (Å²) in [6, 6.07) is 8.80. The first-order valence-corrected chi connectivity index (χ1v) is 12.0. The lowest BCUT2D eigenvalue weighted by atomic mass is 9.75. The molecule has 2 atom stereocenters. The van der Waals surface area contributed by atoms with E-state index in [0.717, 1.165) is 51.9 Å². The van der Waals surface area contributed by atoms with Crippen LogP contribution in [0.2, 0.25) is 0 Å². The van der Waals surface area contributed by atoms with Crippen LogP contribution in [-0.4, -0.2) is 73.7 Å². The quantitative estimate of drug-likeness (QED) is 0.770. The Bertz CT molecular complexity index is 807. The first kappa shape index (κ1) is 19.9. The summed E-state index contributed by atoms with van der Waals surface area (Å²) in [5, 5.41) is 0. The molecule has 0 saturated carbocycles. The fourth-order valence-corrected chi connectivity index (χ4v) is 6.90.